The number of carbonyl (C=O) groups excluding carboxylic acids is 2. The third-order valence-corrected chi connectivity index (χ3v) is 1.84. The van der Waals surface area contributed by atoms with Crippen LogP contribution < -0.4 is 0 Å². The number of hydrogen-bond donors (Lipinski definition) is 1. The Morgan fingerprint density at radius 3 is 2.00 bits per heavy atom. The van der Waals surface area contributed by atoms with Crippen molar-refractivity contribution >= 4 is 11.6 Å². The van der Waals surface area contributed by atoms with Gasteiger partial charge in [0.15, 0.2) is 11.6 Å². The molecular formula is C10H9FO3. The maximum absolute atomic E-state index is 13.2. The zero-order valence-electron chi connectivity index (χ0n) is 7.80. The molecule has 3 nitrogen and oxygen atoms in total. The van der Waals surface area contributed by atoms with E-state index in [1.807, 2.05) is 0 Å². The molecule has 0 radical (unpaired) electrons. The minimum atomic E-state index is -0.791. The van der Waals surface area contributed by atoms with E-state index in [2.05, 4.69) is 0 Å². The largest absolute Gasteiger partial charge is 0.507 e. The molecule has 0 spiro atoms. The Morgan fingerprint density at radius 2 is 1.64 bits per heavy atom. The van der Waals surface area contributed by atoms with Gasteiger partial charge in [0, 0.05) is 0 Å². The van der Waals surface area contributed by atoms with Gasteiger partial charge < -0.3 is 5.11 Å². The van der Waals surface area contributed by atoms with E-state index in [1.165, 1.54) is 6.92 Å². The molecule has 1 aromatic carbocycles. The summed E-state index contributed by atoms with van der Waals surface area (Å²) >= 11 is 0. The molecular weight excluding hydrogens is 187 g/mol. The molecule has 1 N–H and O–H groups in total. The summed E-state index contributed by atoms with van der Waals surface area (Å²) in [6, 6.07) is 2.01. The topological polar surface area (TPSA) is 54.4 Å². The molecule has 0 bridgehead atoms. The van der Waals surface area contributed by atoms with Crippen molar-refractivity contribution in [3.63, 3.8) is 0 Å². The van der Waals surface area contributed by atoms with Crippen molar-refractivity contribution in [2.24, 2.45) is 0 Å². The molecule has 74 valence electrons. The molecule has 0 fully saturated rings. The lowest BCUT2D eigenvalue weighted by atomic mass is 10.00. The molecule has 0 amide bonds. The minimum absolute atomic E-state index is 0.252. The fourth-order valence-corrected chi connectivity index (χ4v) is 1.27. The summed E-state index contributed by atoms with van der Waals surface area (Å²) in [6.07, 6.45) is 0. The number of rotatable bonds is 2. The quantitative estimate of drug-likeness (QED) is 0.735. The summed E-state index contributed by atoms with van der Waals surface area (Å²) in [5.41, 5.74) is -0.602. The smallest absolute Gasteiger partial charge is 0.164 e. The number of phenols is 1. The van der Waals surface area contributed by atoms with Crippen molar-refractivity contribution in [3.05, 3.63) is 29.1 Å². The normalized spacial score (nSPS) is 9.93. The van der Waals surface area contributed by atoms with E-state index >= 15 is 0 Å². The molecule has 0 aromatic heterocycles. The number of phenolic OH excluding ortho intramolecular Hbond substituents is 1. The van der Waals surface area contributed by atoms with E-state index in [-0.39, 0.29) is 16.9 Å². The van der Waals surface area contributed by atoms with Gasteiger partial charge in [0.2, 0.25) is 0 Å². The highest BCUT2D eigenvalue weighted by Crippen LogP contribution is 2.24. The summed E-state index contributed by atoms with van der Waals surface area (Å²) < 4.78 is 13.2. The Balaban J connectivity index is 3.58. The standard InChI is InChI=1S/C10H9FO3/c1-5(12)9-7(11)3-4-8(14)10(9)6(2)13/h3-4,14H,1-2H3. The summed E-state index contributed by atoms with van der Waals surface area (Å²) in [4.78, 5) is 22.1. The van der Waals surface area contributed by atoms with Gasteiger partial charge in [0.05, 0.1) is 11.1 Å². The van der Waals surface area contributed by atoms with Gasteiger partial charge in [-0.2, -0.15) is 0 Å². The number of aromatic hydroxyl groups is 1. The van der Waals surface area contributed by atoms with Crippen molar-refractivity contribution in [1.29, 1.82) is 0 Å². The van der Waals surface area contributed by atoms with E-state index in [4.69, 9.17) is 0 Å². The van der Waals surface area contributed by atoms with Crippen LogP contribution in [0.15, 0.2) is 12.1 Å². The highest BCUT2D eigenvalue weighted by Gasteiger charge is 2.19. The van der Waals surface area contributed by atoms with Gasteiger partial charge in [-0.25, -0.2) is 4.39 Å². The zero-order chi connectivity index (χ0) is 10.9. The highest BCUT2D eigenvalue weighted by atomic mass is 19.1. The van der Waals surface area contributed by atoms with Crippen LogP contribution in [0, 0.1) is 5.82 Å². The molecule has 0 heterocycles. The molecule has 0 atom stereocenters. The van der Waals surface area contributed by atoms with Crippen molar-refractivity contribution in [2.45, 2.75) is 13.8 Å². The Morgan fingerprint density at radius 1 is 1.14 bits per heavy atom. The molecule has 1 aromatic rings. The van der Waals surface area contributed by atoms with Gasteiger partial charge >= 0.3 is 0 Å². The zero-order valence-corrected chi connectivity index (χ0v) is 7.80. The first-order valence-electron chi connectivity index (χ1n) is 3.98. The van der Waals surface area contributed by atoms with Crippen LogP contribution in [0.2, 0.25) is 0 Å². The lowest BCUT2D eigenvalue weighted by molar-refractivity contribution is 0.0975. The van der Waals surface area contributed by atoms with Crippen molar-refractivity contribution in [1.82, 2.24) is 0 Å². The number of halogens is 1. The van der Waals surface area contributed by atoms with E-state index in [0.717, 1.165) is 19.1 Å². The monoisotopic (exact) mass is 196 g/mol. The SMILES string of the molecule is CC(=O)c1c(O)ccc(F)c1C(C)=O. The Bertz CT molecular complexity index is 371. The van der Waals surface area contributed by atoms with E-state index in [0.29, 0.717) is 0 Å². The van der Waals surface area contributed by atoms with Gasteiger partial charge in [-0.3, -0.25) is 9.59 Å². The Labute approximate surface area is 80.2 Å². The second-order valence-corrected chi connectivity index (χ2v) is 2.93. The van der Waals surface area contributed by atoms with Gasteiger partial charge in [-0.15, -0.1) is 0 Å². The van der Waals surface area contributed by atoms with E-state index in [1.54, 1.807) is 0 Å². The van der Waals surface area contributed by atoms with Crippen molar-refractivity contribution in [2.75, 3.05) is 0 Å². The number of ketones is 2. The second-order valence-electron chi connectivity index (χ2n) is 2.93. The predicted molar refractivity (Wildman–Crippen MR) is 48.1 cm³/mol. The summed E-state index contributed by atoms with van der Waals surface area (Å²) in [5, 5.41) is 9.30. The molecule has 1 rings (SSSR count). The van der Waals surface area contributed by atoms with Crippen LogP contribution >= 0.6 is 0 Å². The van der Waals surface area contributed by atoms with Crippen LogP contribution in [0.4, 0.5) is 4.39 Å². The summed E-state index contributed by atoms with van der Waals surface area (Å²) in [7, 11) is 0. The molecule has 0 saturated heterocycles. The molecule has 0 aliphatic rings. The Kier molecular flexibility index (Phi) is 2.65. The summed E-state index contributed by atoms with van der Waals surface area (Å²) in [5.74, 6) is -2.28. The molecule has 14 heavy (non-hydrogen) atoms. The maximum atomic E-state index is 13.2. The maximum Gasteiger partial charge on any atom is 0.164 e. The van der Waals surface area contributed by atoms with Crippen molar-refractivity contribution in [3.8, 4) is 5.75 Å². The van der Waals surface area contributed by atoms with Crippen LogP contribution in [0.3, 0.4) is 0 Å². The lowest BCUT2D eigenvalue weighted by Gasteiger charge is -2.06. The molecule has 0 aliphatic carbocycles. The number of benzene rings is 1. The van der Waals surface area contributed by atoms with E-state index in [9.17, 15) is 19.1 Å². The third-order valence-electron chi connectivity index (χ3n) is 1.84. The molecule has 0 saturated carbocycles. The molecule has 4 heteroatoms. The Hall–Kier alpha value is -1.71. The highest BCUT2D eigenvalue weighted by molar-refractivity contribution is 6.09. The van der Waals surface area contributed by atoms with Crippen LogP contribution in [0.5, 0.6) is 5.75 Å². The van der Waals surface area contributed by atoms with E-state index < -0.39 is 17.4 Å². The number of carbonyl (C=O) groups is 2. The number of Topliss-reactive ketones (excluding diaryl/α,β-unsaturated/α-hetero) is 2. The van der Waals surface area contributed by atoms with Gasteiger partial charge in [0.25, 0.3) is 0 Å². The lowest BCUT2D eigenvalue weighted by Crippen LogP contribution is -2.07. The first kappa shape index (κ1) is 10.4. The average Bonchev–Trinajstić information content (AvgIpc) is 2.07. The van der Waals surface area contributed by atoms with Crippen LogP contribution in [-0.2, 0) is 0 Å². The second kappa shape index (κ2) is 3.57. The number of hydrogen-bond acceptors (Lipinski definition) is 3. The molecule has 0 aliphatic heterocycles. The summed E-state index contributed by atoms with van der Waals surface area (Å²) in [6.45, 7) is 2.31. The van der Waals surface area contributed by atoms with Crippen LogP contribution in [0.25, 0.3) is 0 Å². The van der Waals surface area contributed by atoms with Crippen molar-refractivity contribution < 1.29 is 19.1 Å². The van der Waals surface area contributed by atoms with Gasteiger partial charge in [0.1, 0.15) is 11.6 Å². The molecule has 0 unspecified atom stereocenters. The fourth-order valence-electron chi connectivity index (χ4n) is 1.27. The van der Waals surface area contributed by atoms with Crippen LogP contribution in [-0.4, -0.2) is 16.7 Å². The van der Waals surface area contributed by atoms with Crippen LogP contribution in [0.1, 0.15) is 34.6 Å². The average molecular weight is 196 g/mol. The first-order chi connectivity index (χ1) is 6.45. The third kappa shape index (κ3) is 1.64. The minimum Gasteiger partial charge on any atom is -0.507 e. The van der Waals surface area contributed by atoms with Gasteiger partial charge in [-0.1, -0.05) is 0 Å². The predicted octanol–water partition coefficient (Wildman–Crippen LogP) is 1.94. The first-order valence-corrected chi connectivity index (χ1v) is 3.98. The fraction of sp³-hybridized carbons (Fsp3) is 0.200. The van der Waals surface area contributed by atoms with Gasteiger partial charge in [-0.05, 0) is 26.0 Å².